The normalized spacial score (nSPS) is 13.8. The van der Waals surface area contributed by atoms with Crippen molar-refractivity contribution in [3.8, 4) is 0 Å². The molecule has 6 heteroatoms. The summed E-state index contributed by atoms with van der Waals surface area (Å²) in [4.78, 5) is 16.3. The van der Waals surface area contributed by atoms with Crippen molar-refractivity contribution in [2.45, 2.75) is 64.5 Å². The van der Waals surface area contributed by atoms with Crippen LogP contribution in [-0.4, -0.2) is 28.9 Å². The maximum atomic E-state index is 12.1. The number of oxazole rings is 1. The first-order chi connectivity index (χ1) is 10.6. The van der Waals surface area contributed by atoms with E-state index in [9.17, 15) is 4.79 Å². The number of nitrogens with one attached hydrogen (secondary N) is 1. The summed E-state index contributed by atoms with van der Waals surface area (Å²) < 4.78 is 5.33. The topological polar surface area (TPSA) is 81.2 Å². The van der Waals surface area contributed by atoms with E-state index >= 15 is 0 Å². The Morgan fingerprint density at radius 2 is 2.18 bits per heavy atom. The number of carbonyl (C=O) groups is 1. The van der Waals surface area contributed by atoms with Gasteiger partial charge in [0.15, 0.2) is 5.69 Å². The zero-order valence-electron chi connectivity index (χ0n) is 13.9. The third-order valence-corrected chi connectivity index (χ3v) is 4.22. The number of nitrogens with zero attached hydrogens (tertiary/aromatic N) is 1. The molecule has 1 heterocycles. The van der Waals surface area contributed by atoms with Crippen molar-refractivity contribution in [3.63, 3.8) is 0 Å². The van der Waals surface area contributed by atoms with Crippen LogP contribution in [0.2, 0.25) is 0 Å². The fraction of sp³-hybridized carbons (Fsp3) is 0.750. The van der Waals surface area contributed by atoms with Gasteiger partial charge in [-0.15, -0.1) is 0 Å². The molecule has 3 N–H and O–H groups in total. The van der Waals surface area contributed by atoms with Crippen LogP contribution in [0.25, 0.3) is 0 Å². The van der Waals surface area contributed by atoms with E-state index in [2.05, 4.69) is 17.2 Å². The number of hydrogen-bond acceptors (Lipinski definition) is 5. The number of carbonyl (C=O) groups excluding carboxylic acids is 1. The summed E-state index contributed by atoms with van der Waals surface area (Å²) in [6, 6.07) is -0.102. The van der Waals surface area contributed by atoms with Crippen LogP contribution >= 0.6 is 11.8 Å². The Labute approximate surface area is 137 Å². The van der Waals surface area contributed by atoms with Gasteiger partial charge in [0.25, 0.3) is 5.91 Å². The number of unbranched alkanes of at least 4 members (excludes halogenated alkanes) is 3. The fourth-order valence-corrected chi connectivity index (χ4v) is 2.67. The van der Waals surface area contributed by atoms with E-state index in [0.29, 0.717) is 11.6 Å². The molecule has 0 aromatic carbocycles. The summed E-state index contributed by atoms with van der Waals surface area (Å²) >= 11 is 1.73. The minimum absolute atomic E-state index is 0.148. The molecule has 22 heavy (non-hydrogen) atoms. The van der Waals surface area contributed by atoms with E-state index in [1.807, 2.05) is 13.2 Å². The van der Waals surface area contributed by atoms with E-state index in [4.69, 9.17) is 10.2 Å². The maximum Gasteiger partial charge on any atom is 0.273 e. The molecule has 1 rings (SSSR count). The highest BCUT2D eigenvalue weighted by Gasteiger charge is 2.17. The maximum absolute atomic E-state index is 12.1. The molecule has 2 unspecified atom stereocenters. The SMILES string of the molecule is CCCCCCC(C)NC(=O)c1coc(C(N)CCSC)n1. The van der Waals surface area contributed by atoms with Gasteiger partial charge in [-0.2, -0.15) is 11.8 Å². The van der Waals surface area contributed by atoms with Gasteiger partial charge in [0.1, 0.15) is 6.26 Å². The lowest BCUT2D eigenvalue weighted by Gasteiger charge is -2.12. The van der Waals surface area contributed by atoms with E-state index in [-0.39, 0.29) is 18.0 Å². The van der Waals surface area contributed by atoms with Gasteiger partial charge >= 0.3 is 0 Å². The third-order valence-electron chi connectivity index (χ3n) is 3.57. The van der Waals surface area contributed by atoms with Gasteiger partial charge < -0.3 is 15.5 Å². The summed E-state index contributed by atoms with van der Waals surface area (Å²) in [6.07, 6.45) is 10.0. The largest absolute Gasteiger partial charge is 0.446 e. The van der Waals surface area contributed by atoms with Gasteiger partial charge in [0.2, 0.25) is 5.89 Å². The predicted octanol–water partition coefficient (Wildman–Crippen LogP) is 3.52. The number of aromatic nitrogens is 1. The average molecular weight is 327 g/mol. The van der Waals surface area contributed by atoms with Crippen LogP contribution in [0.5, 0.6) is 0 Å². The lowest BCUT2D eigenvalue weighted by molar-refractivity contribution is 0.0932. The molecule has 0 saturated carbocycles. The number of amides is 1. The molecule has 1 amide bonds. The molecule has 0 bridgehead atoms. The second-order valence-corrected chi connectivity index (χ2v) is 6.67. The Morgan fingerprint density at radius 3 is 2.86 bits per heavy atom. The van der Waals surface area contributed by atoms with E-state index in [1.54, 1.807) is 11.8 Å². The molecule has 1 aromatic rings. The summed E-state index contributed by atoms with van der Waals surface area (Å²) in [5.41, 5.74) is 6.30. The van der Waals surface area contributed by atoms with Crippen molar-refractivity contribution in [2.75, 3.05) is 12.0 Å². The van der Waals surface area contributed by atoms with Gasteiger partial charge in [0.05, 0.1) is 6.04 Å². The Balaban J connectivity index is 2.40. The quantitative estimate of drug-likeness (QED) is 0.608. The molecule has 0 saturated heterocycles. The molecular formula is C16H29N3O2S. The Kier molecular flexibility index (Phi) is 9.24. The van der Waals surface area contributed by atoms with Crippen LogP contribution in [0.4, 0.5) is 0 Å². The average Bonchev–Trinajstić information content (AvgIpc) is 2.99. The zero-order chi connectivity index (χ0) is 16.4. The van der Waals surface area contributed by atoms with Gasteiger partial charge in [-0.3, -0.25) is 4.79 Å². The third kappa shape index (κ3) is 6.83. The summed E-state index contributed by atoms with van der Waals surface area (Å²) in [6.45, 7) is 4.21. The van der Waals surface area contributed by atoms with Gasteiger partial charge in [0, 0.05) is 6.04 Å². The van der Waals surface area contributed by atoms with E-state index in [1.165, 1.54) is 25.5 Å². The Hall–Kier alpha value is -1.01. The van der Waals surface area contributed by atoms with Crippen LogP contribution in [0.3, 0.4) is 0 Å². The first kappa shape index (κ1) is 19.0. The highest BCUT2D eigenvalue weighted by atomic mass is 32.2. The highest BCUT2D eigenvalue weighted by molar-refractivity contribution is 7.98. The lowest BCUT2D eigenvalue weighted by atomic mass is 10.1. The van der Waals surface area contributed by atoms with Crippen molar-refractivity contribution in [2.24, 2.45) is 5.73 Å². The van der Waals surface area contributed by atoms with Crippen LogP contribution in [0.15, 0.2) is 10.7 Å². The standard InChI is InChI=1S/C16H29N3O2S/c1-4-5-6-7-8-12(2)18-15(20)14-11-21-16(19-14)13(17)9-10-22-3/h11-13H,4-10,17H2,1-3H3,(H,18,20). The van der Waals surface area contributed by atoms with Crippen molar-refractivity contribution >= 4 is 17.7 Å². The van der Waals surface area contributed by atoms with Crippen LogP contribution < -0.4 is 11.1 Å². The first-order valence-corrected chi connectivity index (χ1v) is 9.48. The van der Waals surface area contributed by atoms with Crippen LogP contribution in [-0.2, 0) is 0 Å². The minimum atomic E-state index is -0.250. The summed E-state index contributed by atoms with van der Waals surface area (Å²) in [5.74, 6) is 1.20. The van der Waals surface area contributed by atoms with E-state index in [0.717, 1.165) is 25.0 Å². The van der Waals surface area contributed by atoms with Crippen molar-refractivity contribution < 1.29 is 9.21 Å². The molecule has 126 valence electrons. The number of nitrogens with two attached hydrogens (primary N) is 1. The second kappa shape index (κ2) is 10.7. The number of hydrogen-bond donors (Lipinski definition) is 2. The summed E-state index contributed by atoms with van der Waals surface area (Å²) in [5, 5.41) is 2.96. The van der Waals surface area contributed by atoms with E-state index < -0.39 is 0 Å². The van der Waals surface area contributed by atoms with Crippen molar-refractivity contribution in [1.82, 2.24) is 10.3 Å². The van der Waals surface area contributed by atoms with Gasteiger partial charge in [-0.1, -0.05) is 32.6 Å². The number of rotatable bonds is 11. The van der Waals surface area contributed by atoms with Crippen molar-refractivity contribution in [1.29, 1.82) is 0 Å². The zero-order valence-corrected chi connectivity index (χ0v) is 14.7. The summed E-state index contributed by atoms with van der Waals surface area (Å²) in [7, 11) is 0. The molecule has 0 aliphatic heterocycles. The van der Waals surface area contributed by atoms with Gasteiger partial charge in [-0.05, 0) is 31.8 Å². The first-order valence-electron chi connectivity index (χ1n) is 8.09. The van der Waals surface area contributed by atoms with Gasteiger partial charge in [-0.25, -0.2) is 4.98 Å². The Bertz CT molecular complexity index is 437. The second-order valence-electron chi connectivity index (χ2n) is 5.68. The molecule has 0 spiro atoms. The Morgan fingerprint density at radius 1 is 1.41 bits per heavy atom. The highest BCUT2D eigenvalue weighted by Crippen LogP contribution is 2.15. The molecule has 0 aliphatic carbocycles. The molecule has 2 atom stereocenters. The fourth-order valence-electron chi connectivity index (χ4n) is 2.18. The minimum Gasteiger partial charge on any atom is -0.446 e. The molecule has 5 nitrogen and oxygen atoms in total. The van der Waals surface area contributed by atoms with Crippen LogP contribution in [0.1, 0.15) is 74.8 Å². The predicted molar refractivity (Wildman–Crippen MR) is 92.1 cm³/mol. The van der Waals surface area contributed by atoms with Crippen molar-refractivity contribution in [3.05, 3.63) is 17.8 Å². The number of thioether (sulfide) groups is 1. The molecule has 0 fully saturated rings. The molecule has 0 radical (unpaired) electrons. The molecule has 1 aromatic heterocycles. The monoisotopic (exact) mass is 327 g/mol. The molecular weight excluding hydrogens is 298 g/mol. The smallest absolute Gasteiger partial charge is 0.273 e. The lowest BCUT2D eigenvalue weighted by Crippen LogP contribution is -2.32. The molecule has 0 aliphatic rings. The van der Waals surface area contributed by atoms with Crippen LogP contribution in [0, 0.1) is 0 Å².